The molecule has 3 aromatic rings. The monoisotopic (exact) mass is 603 g/mol. The van der Waals surface area contributed by atoms with Crippen molar-refractivity contribution in [2.75, 3.05) is 18.1 Å². The van der Waals surface area contributed by atoms with E-state index in [2.05, 4.69) is 40.5 Å². The van der Waals surface area contributed by atoms with Crippen LogP contribution in [0.25, 0.3) is 0 Å². The van der Waals surface area contributed by atoms with E-state index in [9.17, 15) is 19.5 Å². The number of nitrogens with two attached hydrogens (primary N) is 1. The Labute approximate surface area is 238 Å². The van der Waals surface area contributed by atoms with Crippen LogP contribution in [0.1, 0.15) is 18.3 Å². The summed E-state index contributed by atoms with van der Waals surface area (Å²) < 4.78 is 5.79. The van der Waals surface area contributed by atoms with Crippen LogP contribution in [-0.2, 0) is 31.5 Å². The van der Waals surface area contributed by atoms with E-state index in [-0.39, 0.29) is 35.5 Å². The van der Waals surface area contributed by atoms with Gasteiger partial charge >= 0.3 is 0 Å². The summed E-state index contributed by atoms with van der Waals surface area (Å²) in [4.78, 5) is 48.3. The fraction of sp³-hybridized carbons (Fsp3) is 0.333. The number of fused-ring (bicyclic) bond motifs is 1. The molecule has 5 heterocycles. The maximum Gasteiger partial charge on any atom is 0.278 e. The van der Waals surface area contributed by atoms with Gasteiger partial charge in [-0.1, -0.05) is 16.9 Å². The molecule has 0 aromatic carbocycles. The van der Waals surface area contributed by atoms with Gasteiger partial charge in [-0.15, -0.1) is 22.0 Å². The van der Waals surface area contributed by atoms with Gasteiger partial charge in [0, 0.05) is 40.7 Å². The van der Waals surface area contributed by atoms with Crippen LogP contribution in [0.5, 0.6) is 0 Å². The van der Waals surface area contributed by atoms with Crippen molar-refractivity contribution in [3.63, 3.8) is 0 Å². The number of hydrogen-bond acceptors (Lipinski definition) is 15. The number of anilines is 1. The lowest BCUT2D eigenvalue weighted by atomic mass is 10.0. The van der Waals surface area contributed by atoms with Crippen molar-refractivity contribution in [2.24, 2.45) is 5.16 Å². The molecule has 40 heavy (non-hydrogen) atoms. The number of thioether (sulfide) groups is 2. The third-order valence-electron chi connectivity index (χ3n) is 5.71. The number of carbonyl (C=O) groups excluding carboxylic acids is 3. The Kier molecular flexibility index (Phi) is 8.21. The number of tetrazole rings is 1. The Morgan fingerprint density at radius 2 is 2.20 bits per heavy atom. The smallest absolute Gasteiger partial charge is 0.278 e. The zero-order chi connectivity index (χ0) is 28.2. The molecule has 2 aliphatic rings. The van der Waals surface area contributed by atoms with Gasteiger partial charge in [-0.3, -0.25) is 14.5 Å². The molecule has 4 N–H and O–H groups in total. The van der Waals surface area contributed by atoms with Crippen molar-refractivity contribution in [3.8, 4) is 0 Å². The maximum atomic E-state index is 13.1. The number of nitrogens with zero attached hydrogens (tertiary/aromatic N) is 8. The molecule has 2 atom stereocenters. The van der Waals surface area contributed by atoms with Gasteiger partial charge in [0.15, 0.2) is 24.1 Å². The Balaban J connectivity index is 1.27. The zero-order valence-corrected chi connectivity index (χ0v) is 23.2. The number of carboxylic acid groups (broad SMARTS) is 1. The topological polar surface area (TPSA) is 221 Å². The highest BCUT2D eigenvalue weighted by molar-refractivity contribution is 8.00. The van der Waals surface area contributed by atoms with E-state index in [1.165, 1.54) is 23.5 Å². The molecule has 3 aromatic heterocycles. The fourth-order valence-electron chi connectivity index (χ4n) is 3.92. The minimum atomic E-state index is -1.46. The highest BCUT2D eigenvalue weighted by Gasteiger charge is 2.53. The van der Waals surface area contributed by atoms with E-state index >= 15 is 0 Å². The van der Waals surface area contributed by atoms with Crippen molar-refractivity contribution in [1.82, 2.24) is 40.2 Å². The molecule has 208 valence electrons. The largest absolute Gasteiger partial charge is 0.543 e. The van der Waals surface area contributed by atoms with Crippen molar-refractivity contribution < 1.29 is 28.9 Å². The average molecular weight is 604 g/mol. The number of β-lactam (4-membered cyclic amide) rings is 1. The first-order valence-electron chi connectivity index (χ1n) is 11.7. The highest BCUT2D eigenvalue weighted by atomic mass is 32.2. The van der Waals surface area contributed by atoms with Crippen LogP contribution < -0.4 is 20.7 Å². The molecular formula is C21H21N11O5S3. The number of aliphatic carboxylic acids is 1. The molecule has 19 heteroatoms. The molecule has 2 amide bonds. The summed E-state index contributed by atoms with van der Waals surface area (Å²) in [6, 6.07) is 2.81. The summed E-state index contributed by atoms with van der Waals surface area (Å²) in [6.07, 6.45) is 3.64. The van der Waals surface area contributed by atoms with Gasteiger partial charge in [0.05, 0.1) is 11.7 Å². The standard InChI is InChI=1S/C21H21N11O5S3/c1-2-37-27-12(15-24-20(22)40-28-15)16(33)23-13-17(34)32-14(19(35)36)11(9-38-18(13)32)7-31-5-3-10(4-6-31)8-39-21-25-29-30-26-21/h3-6,13,18H,2,7-9H2,1H3,(H4-,22,23,24,25,26,28,29,30,33,35,36)/t13?,18-/m0/s1. The van der Waals surface area contributed by atoms with Crippen LogP contribution in [0.3, 0.4) is 0 Å². The number of pyridine rings is 1. The fourth-order valence-corrected chi connectivity index (χ4v) is 6.38. The number of carbonyl (C=O) groups is 3. The molecule has 1 fully saturated rings. The van der Waals surface area contributed by atoms with Crippen LogP contribution >= 0.6 is 35.1 Å². The van der Waals surface area contributed by atoms with Crippen molar-refractivity contribution in [3.05, 3.63) is 47.2 Å². The van der Waals surface area contributed by atoms with Crippen LogP contribution in [0.4, 0.5) is 5.13 Å². The molecule has 0 saturated carbocycles. The summed E-state index contributed by atoms with van der Waals surface area (Å²) in [5.41, 5.74) is 6.71. The number of oxime groups is 1. The van der Waals surface area contributed by atoms with Crippen molar-refractivity contribution in [1.29, 1.82) is 0 Å². The molecule has 0 bridgehead atoms. The number of nitrogen functional groups attached to an aromatic ring is 1. The molecule has 16 nitrogen and oxygen atoms in total. The minimum Gasteiger partial charge on any atom is -0.543 e. The average Bonchev–Trinajstić information content (AvgIpc) is 3.63. The summed E-state index contributed by atoms with van der Waals surface area (Å²) >= 11 is 3.63. The number of nitrogens with one attached hydrogen (secondary N) is 2. The number of aromatic amines is 1. The van der Waals surface area contributed by atoms with Crippen LogP contribution in [-0.4, -0.2) is 82.2 Å². The summed E-state index contributed by atoms with van der Waals surface area (Å²) in [6.45, 7) is 2.11. The highest BCUT2D eigenvalue weighted by Crippen LogP contribution is 2.40. The first-order chi connectivity index (χ1) is 19.4. The number of H-pyrrole nitrogens is 1. The van der Waals surface area contributed by atoms with Crippen LogP contribution in [0.15, 0.2) is 46.1 Å². The minimum absolute atomic E-state index is 0.0394. The van der Waals surface area contributed by atoms with E-state index in [0.717, 1.165) is 22.0 Å². The second kappa shape index (κ2) is 12.0. The second-order valence-electron chi connectivity index (χ2n) is 8.28. The van der Waals surface area contributed by atoms with E-state index in [1.807, 2.05) is 29.1 Å². The molecule has 0 aliphatic carbocycles. The summed E-state index contributed by atoms with van der Waals surface area (Å²) in [7, 11) is 0. The molecule has 5 rings (SSSR count). The summed E-state index contributed by atoms with van der Waals surface area (Å²) in [5.74, 6) is -1.89. The van der Waals surface area contributed by atoms with Gasteiger partial charge < -0.3 is 25.8 Å². The molecular weight excluding hydrogens is 583 g/mol. The summed E-state index contributed by atoms with van der Waals surface area (Å²) in [5, 5.41) is 32.2. The Morgan fingerprint density at radius 3 is 2.85 bits per heavy atom. The number of rotatable bonds is 11. The van der Waals surface area contributed by atoms with E-state index in [1.54, 1.807) is 6.92 Å². The lowest BCUT2D eigenvalue weighted by molar-refractivity contribution is -0.689. The maximum absolute atomic E-state index is 13.1. The molecule has 1 unspecified atom stereocenters. The Hall–Kier alpha value is -4.10. The van der Waals surface area contributed by atoms with Crippen LogP contribution in [0.2, 0.25) is 0 Å². The predicted molar refractivity (Wildman–Crippen MR) is 140 cm³/mol. The quantitative estimate of drug-likeness (QED) is 0.0714. The van der Waals surface area contributed by atoms with Gasteiger partial charge in [0.25, 0.3) is 11.8 Å². The lowest BCUT2D eigenvalue weighted by Crippen LogP contribution is -2.71. The SMILES string of the molecule is CCON=C(C(=O)NC1C(=O)N2C(C(=O)[O-])=C(C[n+]3ccc(CSc4nn[nH]n4)cc3)CS[C@@H]12)c1nsc(N)n1. The number of carboxylic acids is 1. The van der Waals surface area contributed by atoms with Gasteiger partial charge in [0.1, 0.15) is 18.0 Å². The van der Waals surface area contributed by atoms with E-state index in [0.29, 0.717) is 22.2 Å². The first-order valence-corrected chi connectivity index (χ1v) is 14.5. The van der Waals surface area contributed by atoms with Crippen molar-refractivity contribution >= 4 is 63.7 Å². The molecule has 0 radical (unpaired) electrons. The number of amides is 2. The number of hydrogen-bond donors (Lipinski definition) is 3. The third-order valence-corrected chi connectivity index (χ3v) is 8.50. The van der Waals surface area contributed by atoms with Crippen LogP contribution in [0, 0.1) is 0 Å². The lowest BCUT2D eigenvalue weighted by Gasteiger charge is -2.50. The molecule has 2 aliphatic heterocycles. The Bertz CT molecular complexity index is 1480. The second-order valence-corrected chi connectivity index (χ2v) is 11.1. The van der Waals surface area contributed by atoms with Gasteiger partial charge in [-0.2, -0.15) is 14.6 Å². The Morgan fingerprint density at radius 1 is 1.40 bits per heavy atom. The van der Waals surface area contributed by atoms with Gasteiger partial charge in [-0.05, 0) is 17.7 Å². The van der Waals surface area contributed by atoms with E-state index in [4.69, 9.17) is 10.6 Å². The van der Waals surface area contributed by atoms with Gasteiger partial charge in [0.2, 0.25) is 16.7 Å². The van der Waals surface area contributed by atoms with Crippen molar-refractivity contribution in [2.45, 2.75) is 35.8 Å². The first kappa shape index (κ1) is 27.5. The van der Waals surface area contributed by atoms with E-state index < -0.39 is 29.2 Å². The normalized spacial score (nSPS) is 18.8. The third kappa shape index (κ3) is 5.75. The van der Waals surface area contributed by atoms with Gasteiger partial charge in [-0.25, -0.2) is 4.57 Å². The molecule has 0 spiro atoms. The zero-order valence-electron chi connectivity index (χ0n) is 20.7. The predicted octanol–water partition coefficient (Wildman–Crippen LogP) is -1.94. The number of aromatic nitrogens is 7. The molecule has 1 saturated heterocycles.